The van der Waals surface area contributed by atoms with Crippen molar-refractivity contribution in [2.24, 2.45) is 0 Å². The normalized spacial score (nSPS) is 15.3. The van der Waals surface area contributed by atoms with Crippen molar-refractivity contribution >= 4 is 50.4 Å². The van der Waals surface area contributed by atoms with Gasteiger partial charge in [-0.05, 0) is 48.0 Å². The first-order chi connectivity index (χ1) is 14.8. The molecule has 0 bridgehead atoms. The second-order valence-electron chi connectivity index (χ2n) is 6.20. The van der Waals surface area contributed by atoms with Gasteiger partial charge in [0.05, 0.1) is 19.1 Å². The SMILES string of the molecule is C=CCN1C(=O)/C(=C/c2ccc(OS(=O)(=O)c3ccc(OC)cc3)c(OC)c2)SC1=S. The van der Waals surface area contributed by atoms with Crippen LogP contribution in [0, 0.1) is 0 Å². The number of thioether (sulfide) groups is 1. The summed E-state index contributed by atoms with van der Waals surface area (Å²) in [6.45, 7) is 3.96. The van der Waals surface area contributed by atoms with Crippen molar-refractivity contribution in [3.05, 3.63) is 65.6 Å². The molecule has 0 radical (unpaired) electrons. The molecule has 1 aliphatic heterocycles. The summed E-state index contributed by atoms with van der Waals surface area (Å²) < 4.78 is 41.3. The van der Waals surface area contributed by atoms with Gasteiger partial charge in [-0.2, -0.15) is 8.42 Å². The predicted molar refractivity (Wildman–Crippen MR) is 124 cm³/mol. The van der Waals surface area contributed by atoms with E-state index < -0.39 is 10.1 Å². The van der Waals surface area contributed by atoms with Gasteiger partial charge in [-0.3, -0.25) is 9.69 Å². The predicted octanol–water partition coefficient (Wildman–Crippen LogP) is 3.86. The molecule has 0 N–H and O–H groups in total. The van der Waals surface area contributed by atoms with E-state index >= 15 is 0 Å². The fourth-order valence-electron chi connectivity index (χ4n) is 2.69. The highest BCUT2D eigenvalue weighted by atomic mass is 32.2. The van der Waals surface area contributed by atoms with Crippen LogP contribution in [0.3, 0.4) is 0 Å². The number of nitrogens with zero attached hydrogens (tertiary/aromatic N) is 1. The molecular weight excluding hydrogens is 458 g/mol. The molecule has 0 spiro atoms. The molecule has 31 heavy (non-hydrogen) atoms. The third-order valence-electron chi connectivity index (χ3n) is 4.22. The van der Waals surface area contributed by atoms with Crippen LogP contribution in [0.5, 0.6) is 17.2 Å². The van der Waals surface area contributed by atoms with Gasteiger partial charge in [-0.1, -0.05) is 36.1 Å². The molecule has 1 aliphatic rings. The lowest BCUT2D eigenvalue weighted by molar-refractivity contribution is -0.121. The highest BCUT2D eigenvalue weighted by Gasteiger charge is 2.31. The van der Waals surface area contributed by atoms with Crippen molar-refractivity contribution in [1.82, 2.24) is 4.90 Å². The molecule has 10 heteroatoms. The third-order valence-corrected chi connectivity index (χ3v) is 6.84. The number of hydrogen-bond acceptors (Lipinski definition) is 8. The van der Waals surface area contributed by atoms with Gasteiger partial charge in [-0.25, -0.2) is 0 Å². The van der Waals surface area contributed by atoms with Gasteiger partial charge in [0.15, 0.2) is 11.5 Å². The first-order valence-corrected chi connectivity index (χ1v) is 11.5. The molecule has 0 atom stereocenters. The minimum atomic E-state index is -4.08. The van der Waals surface area contributed by atoms with Crippen LogP contribution in [0.15, 0.2) is 64.9 Å². The minimum absolute atomic E-state index is 0.0228. The summed E-state index contributed by atoms with van der Waals surface area (Å²) in [4.78, 5) is 14.4. The second-order valence-corrected chi connectivity index (χ2v) is 9.43. The number of hydrogen-bond donors (Lipinski definition) is 0. The van der Waals surface area contributed by atoms with E-state index in [2.05, 4.69) is 6.58 Å². The van der Waals surface area contributed by atoms with Crippen LogP contribution in [0.2, 0.25) is 0 Å². The molecule has 0 aliphatic carbocycles. The summed E-state index contributed by atoms with van der Waals surface area (Å²) in [7, 11) is -1.19. The van der Waals surface area contributed by atoms with Crippen LogP contribution in [-0.2, 0) is 14.9 Å². The first kappa shape index (κ1) is 22.9. The number of carbonyl (C=O) groups is 1. The van der Waals surface area contributed by atoms with Crippen LogP contribution in [-0.4, -0.2) is 44.3 Å². The summed E-state index contributed by atoms with van der Waals surface area (Å²) in [6.07, 6.45) is 3.26. The Balaban J connectivity index is 1.85. The van der Waals surface area contributed by atoms with Gasteiger partial charge >= 0.3 is 10.1 Å². The molecule has 0 saturated carbocycles. The van der Waals surface area contributed by atoms with E-state index in [9.17, 15) is 13.2 Å². The minimum Gasteiger partial charge on any atom is -0.497 e. The number of thiocarbonyl (C=S) groups is 1. The topological polar surface area (TPSA) is 82.1 Å². The van der Waals surface area contributed by atoms with Crippen molar-refractivity contribution in [3.63, 3.8) is 0 Å². The van der Waals surface area contributed by atoms with Crippen molar-refractivity contribution in [1.29, 1.82) is 0 Å². The van der Waals surface area contributed by atoms with E-state index in [1.165, 1.54) is 61.2 Å². The molecule has 0 unspecified atom stereocenters. The highest BCUT2D eigenvalue weighted by molar-refractivity contribution is 8.26. The van der Waals surface area contributed by atoms with Gasteiger partial charge < -0.3 is 13.7 Å². The van der Waals surface area contributed by atoms with Crippen molar-refractivity contribution in [3.8, 4) is 17.2 Å². The van der Waals surface area contributed by atoms with Crippen LogP contribution in [0.1, 0.15) is 5.56 Å². The number of ether oxygens (including phenoxy) is 2. The zero-order valence-corrected chi connectivity index (χ0v) is 19.2. The molecule has 1 fully saturated rings. The van der Waals surface area contributed by atoms with Crippen LogP contribution in [0.25, 0.3) is 6.08 Å². The molecule has 1 amide bonds. The van der Waals surface area contributed by atoms with Gasteiger partial charge in [0, 0.05) is 6.54 Å². The second kappa shape index (κ2) is 9.54. The molecule has 7 nitrogen and oxygen atoms in total. The lowest BCUT2D eigenvalue weighted by Gasteiger charge is -2.12. The van der Waals surface area contributed by atoms with Crippen LogP contribution in [0.4, 0.5) is 0 Å². The number of rotatable bonds is 8. The maximum absolute atomic E-state index is 12.6. The summed E-state index contributed by atoms with van der Waals surface area (Å²) in [6, 6.07) is 10.5. The molecule has 1 saturated heterocycles. The highest BCUT2D eigenvalue weighted by Crippen LogP contribution is 2.35. The molecular formula is C21H19NO6S3. The Bertz CT molecular complexity index is 1160. The number of benzene rings is 2. The molecule has 0 aromatic heterocycles. The Hall–Kier alpha value is -2.82. The lowest BCUT2D eigenvalue weighted by atomic mass is 10.2. The van der Waals surface area contributed by atoms with Gasteiger partial charge in [-0.15, -0.1) is 6.58 Å². The van der Waals surface area contributed by atoms with E-state index in [-0.39, 0.29) is 22.3 Å². The summed E-state index contributed by atoms with van der Waals surface area (Å²) >= 11 is 6.42. The fraction of sp³-hybridized carbons (Fsp3) is 0.143. The average Bonchev–Trinajstić information content (AvgIpc) is 3.02. The molecule has 1 heterocycles. The Morgan fingerprint density at radius 1 is 1.10 bits per heavy atom. The molecule has 2 aromatic carbocycles. The number of carbonyl (C=O) groups excluding carboxylic acids is 1. The molecule has 162 valence electrons. The Labute approximate surface area is 190 Å². The number of amides is 1. The van der Waals surface area contributed by atoms with Gasteiger partial charge in [0.25, 0.3) is 5.91 Å². The van der Waals surface area contributed by atoms with Crippen molar-refractivity contribution < 1.29 is 26.9 Å². The Kier molecular flexibility index (Phi) is 7.04. The van der Waals surface area contributed by atoms with E-state index in [1.54, 1.807) is 24.3 Å². The average molecular weight is 478 g/mol. The quantitative estimate of drug-likeness (QED) is 0.245. The van der Waals surface area contributed by atoms with E-state index in [0.29, 0.717) is 27.1 Å². The molecule has 3 rings (SSSR count). The Morgan fingerprint density at radius 2 is 1.81 bits per heavy atom. The number of methoxy groups -OCH3 is 2. The maximum atomic E-state index is 12.6. The van der Waals surface area contributed by atoms with E-state index in [0.717, 1.165) is 0 Å². The third kappa shape index (κ3) is 5.09. The largest absolute Gasteiger partial charge is 0.497 e. The standard InChI is InChI=1S/C21H19NO6S3/c1-4-11-22-20(23)19(30-21(22)29)13-14-5-10-17(18(12-14)27-3)28-31(24,25)16-8-6-15(26-2)7-9-16/h4-10,12-13H,1,11H2,2-3H3/b19-13-. The Morgan fingerprint density at radius 3 is 2.42 bits per heavy atom. The fourth-order valence-corrected chi connectivity index (χ4v) is 4.90. The zero-order chi connectivity index (χ0) is 22.6. The van der Waals surface area contributed by atoms with Gasteiger partial charge in [0.1, 0.15) is 15.0 Å². The summed E-state index contributed by atoms with van der Waals surface area (Å²) in [5.74, 6) is 0.540. The van der Waals surface area contributed by atoms with Crippen LogP contribution < -0.4 is 13.7 Å². The zero-order valence-electron chi connectivity index (χ0n) is 16.7. The summed E-state index contributed by atoms with van der Waals surface area (Å²) in [5.41, 5.74) is 0.630. The van der Waals surface area contributed by atoms with Crippen molar-refractivity contribution in [2.75, 3.05) is 20.8 Å². The summed E-state index contributed by atoms with van der Waals surface area (Å²) in [5, 5.41) is 0. The lowest BCUT2D eigenvalue weighted by Crippen LogP contribution is -2.27. The monoisotopic (exact) mass is 477 g/mol. The van der Waals surface area contributed by atoms with Gasteiger partial charge in [0.2, 0.25) is 0 Å². The first-order valence-electron chi connectivity index (χ1n) is 8.92. The van der Waals surface area contributed by atoms with E-state index in [4.69, 9.17) is 25.9 Å². The smallest absolute Gasteiger partial charge is 0.339 e. The molecule has 2 aromatic rings. The van der Waals surface area contributed by atoms with Crippen LogP contribution >= 0.6 is 24.0 Å². The van der Waals surface area contributed by atoms with Crippen molar-refractivity contribution in [2.45, 2.75) is 4.90 Å². The van der Waals surface area contributed by atoms with E-state index in [1.807, 2.05) is 0 Å². The maximum Gasteiger partial charge on any atom is 0.339 e.